The van der Waals surface area contributed by atoms with Crippen LogP contribution >= 0.6 is 0 Å². The lowest BCUT2D eigenvalue weighted by atomic mass is 9.81. The summed E-state index contributed by atoms with van der Waals surface area (Å²) < 4.78 is 0. The van der Waals surface area contributed by atoms with Gasteiger partial charge in [0, 0.05) is 25.9 Å². The third-order valence-electron chi connectivity index (χ3n) is 15.0. The number of hydrogen-bond donors (Lipinski definition) is 1. The molecule has 1 N–H and O–H groups in total. The average molecular weight is 908 g/mol. The molecule has 0 bridgehead atoms. The van der Waals surface area contributed by atoms with E-state index in [0.717, 1.165) is 90.1 Å². The number of rotatable bonds is 44. The Labute approximate surface area is 402 Å². The minimum Gasteiger partial charge on any atom is -0.317 e. The second-order valence-corrected chi connectivity index (χ2v) is 20.6. The minimum absolute atomic E-state index is 0.0293. The smallest absolute Gasteiger partial charge is 0.233 e. The van der Waals surface area contributed by atoms with Crippen molar-refractivity contribution in [3.05, 3.63) is 23.3 Å². The Morgan fingerprint density at radius 1 is 0.446 bits per heavy atom. The van der Waals surface area contributed by atoms with Crippen LogP contribution in [0.4, 0.5) is 0 Å². The largest absolute Gasteiger partial charge is 0.317 e. The van der Waals surface area contributed by atoms with E-state index in [1.165, 1.54) is 152 Å². The highest BCUT2D eigenvalue weighted by atomic mass is 16.2. The molecule has 4 amide bonds. The molecular formula is C58H105N3O4. The summed E-state index contributed by atoms with van der Waals surface area (Å²) in [5.74, 6) is 0.185. The van der Waals surface area contributed by atoms with Crippen molar-refractivity contribution in [1.82, 2.24) is 15.1 Å². The predicted octanol–water partition coefficient (Wildman–Crippen LogP) is 15.8. The number of hydrogen-bond acceptors (Lipinski definition) is 5. The Balaban J connectivity index is 1.73. The first-order chi connectivity index (χ1) is 31.7. The molecule has 0 aromatic carbocycles. The summed E-state index contributed by atoms with van der Waals surface area (Å²) in [6.07, 6.45) is 45.8. The SMILES string of the molecule is CCCCCCC/C=C(\C)C(CCCCCCCCC)C1CC(=O)N(CCCCCNCCCCCN2C(=O)CC(C(CCCCCCCCC)/C(C)=C/CCCCCCC)C2=O)C1=O. The van der Waals surface area contributed by atoms with Gasteiger partial charge in [0.15, 0.2) is 0 Å². The molecule has 65 heavy (non-hydrogen) atoms. The van der Waals surface area contributed by atoms with Crippen LogP contribution in [0.25, 0.3) is 0 Å². The summed E-state index contributed by atoms with van der Waals surface area (Å²) in [7, 11) is 0. The van der Waals surface area contributed by atoms with E-state index in [2.05, 4.69) is 59.0 Å². The molecule has 7 heteroatoms. The fraction of sp³-hybridized carbons (Fsp3) is 0.862. The predicted molar refractivity (Wildman–Crippen MR) is 277 cm³/mol. The molecule has 2 rings (SSSR count). The lowest BCUT2D eigenvalue weighted by Gasteiger charge is -2.24. The van der Waals surface area contributed by atoms with Crippen LogP contribution in [-0.4, -0.2) is 59.6 Å². The summed E-state index contributed by atoms with van der Waals surface area (Å²) in [5, 5.41) is 3.58. The van der Waals surface area contributed by atoms with E-state index >= 15 is 0 Å². The van der Waals surface area contributed by atoms with Gasteiger partial charge >= 0.3 is 0 Å². The topological polar surface area (TPSA) is 86.8 Å². The highest BCUT2D eigenvalue weighted by Gasteiger charge is 2.43. The zero-order chi connectivity index (χ0) is 47.3. The number of imide groups is 2. The zero-order valence-electron chi connectivity index (χ0n) is 43.8. The van der Waals surface area contributed by atoms with Crippen LogP contribution < -0.4 is 5.32 Å². The highest BCUT2D eigenvalue weighted by Crippen LogP contribution is 2.37. The number of nitrogens with one attached hydrogen (secondary N) is 1. The molecule has 0 radical (unpaired) electrons. The van der Waals surface area contributed by atoms with Crippen molar-refractivity contribution in [3.63, 3.8) is 0 Å². The normalized spacial score (nSPS) is 18.2. The molecule has 2 aliphatic heterocycles. The molecule has 0 aromatic rings. The van der Waals surface area contributed by atoms with Gasteiger partial charge in [0.1, 0.15) is 0 Å². The van der Waals surface area contributed by atoms with Gasteiger partial charge in [0.2, 0.25) is 23.6 Å². The molecular weight excluding hydrogens is 803 g/mol. The van der Waals surface area contributed by atoms with Crippen LogP contribution in [0, 0.1) is 23.7 Å². The van der Waals surface area contributed by atoms with Gasteiger partial charge in [-0.15, -0.1) is 0 Å². The van der Waals surface area contributed by atoms with E-state index in [-0.39, 0.29) is 47.3 Å². The van der Waals surface area contributed by atoms with Crippen molar-refractivity contribution in [2.45, 2.75) is 273 Å². The van der Waals surface area contributed by atoms with E-state index in [1.54, 1.807) is 9.80 Å². The standard InChI is InChI=1S/C58H105N3O4/c1-7-11-15-19-23-27-33-41-51(49(5)39-31-25-21-17-13-9-3)53-47-55(62)60(57(53)64)45-37-29-35-43-59-44-36-30-38-46-61-56(63)48-54(58(61)65)52(42-34-28-24-20-16-12-8-2)50(6)40-32-26-22-18-14-10-4/h39-40,51-54,59H,7-38,41-48H2,1-6H3/b49-39+,50-40+. The van der Waals surface area contributed by atoms with Gasteiger partial charge < -0.3 is 5.32 Å². The summed E-state index contributed by atoms with van der Waals surface area (Å²) in [6.45, 7) is 16.4. The molecule has 4 unspecified atom stereocenters. The van der Waals surface area contributed by atoms with Crippen molar-refractivity contribution in [2.75, 3.05) is 26.2 Å². The van der Waals surface area contributed by atoms with Crippen molar-refractivity contribution >= 4 is 23.6 Å². The van der Waals surface area contributed by atoms with Crippen LogP contribution in [0.15, 0.2) is 23.3 Å². The molecule has 2 fully saturated rings. The number of amides is 4. The fourth-order valence-corrected chi connectivity index (χ4v) is 10.6. The molecule has 376 valence electrons. The third kappa shape index (κ3) is 25.1. The maximum absolute atomic E-state index is 13.8. The maximum atomic E-state index is 13.8. The van der Waals surface area contributed by atoms with Gasteiger partial charge in [-0.1, -0.05) is 205 Å². The Kier molecular flexibility index (Phi) is 35.0. The fourth-order valence-electron chi connectivity index (χ4n) is 10.6. The molecule has 0 spiro atoms. The quantitative estimate of drug-likeness (QED) is 0.0374. The molecule has 0 aliphatic carbocycles. The number of likely N-dealkylation sites (tertiary alicyclic amines) is 2. The lowest BCUT2D eigenvalue weighted by Crippen LogP contribution is -2.33. The Hall–Kier alpha value is -2.28. The molecule has 0 saturated carbocycles. The number of carbonyl (C=O) groups excluding carboxylic acids is 4. The van der Waals surface area contributed by atoms with Crippen LogP contribution in [0.3, 0.4) is 0 Å². The first kappa shape index (κ1) is 58.8. The second-order valence-electron chi connectivity index (χ2n) is 20.6. The van der Waals surface area contributed by atoms with E-state index in [9.17, 15) is 19.2 Å². The number of carbonyl (C=O) groups is 4. The van der Waals surface area contributed by atoms with Crippen LogP contribution in [0.2, 0.25) is 0 Å². The number of allylic oxidation sites excluding steroid dienone is 4. The van der Waals surface area contributed by atoms with Gasteiger partial charge in [-0.2, -0.15) is 0 Å². The van der Waals surface area contributed by atoms with Gasteiger partial charge in [-0.05, 0) is 103 Å². The minimum atomic E-state index is -0.193. The van der Waals surface area contributed by atoms with E-state index < -0.39 is 0 Å². The van der Waals surface area contributed by atoms with E-state index in [4.69, 9.17) is 0 Å². The van der Waals surface area contributed by atoms with Crippen LogP contribution in [0.1, 0.15) is 273 Å². The van der Waals surface area contributed by atoms with Crippen molar-refractivity contribution in [3.8, 4) is 0 Å². The third-order valence-corrected chi connectivity index (χ3v) is 15.0. The Morgan fingerprint density at radius 2 is 0.754 bits per heavy atom. The van der Waals surface area contributed by atoms with Gasteiger partial charge in [0.05, 0.1) is 11.8 Å². The van der Waals surface area contributed by atoms with E-state index in [0.29, 0.717) is 25.9 Å². The maximum Gasteiger partial charge on any atom is 0.233 e. The molecule has 2 saturated heterocycles. The molecule has 2 heterocycles. The van der Waals surface area contributed by atoms with Crippen molar-refractivity contribution in [2.24, 2.45) is 23.7 Å². The summed E-state index contributed by atoms with van der Waals surface area (Å²) in [4.78, 5) is 57.2. The van der Waals surface area contributed by atoms with Crippen molar-refractivity contribution < 1.29 is 19.2 Å². The zero-order valence-corrected chi connectivity index (χ0v) is 43.8. The second kappa shape index (κ2) is 38.7. The number of unbranched alkanes of at least 4 members (excludes halogenated alkanes) is 26. The van der Waals surface area contributed by atoms with Gasteiger partial charge in [-0.25, -0.2) is 0 Å². The van der Waals surface area contributed by atoms with Gasteiger partial charge in [-0.3, -0.25) is 29.0 Å². The molecule has 0 aromatic heterocycles. The molecule has 2 aliphatic rings. The van der Waals surface area contributed by atoms with Gasteiger partial charge in [0.25, 0.3) is 0 Å². The Morgan fingerprint density at radius 3 is 1.11 bits per heavy atom. The summed E-state index contributed by atoms with van der Waals surface area (Å²) >= 11 is 0. The monoisotopic (exact) mass is 908 g/mol. The van der Waals surface area contributed by atoms with Crippen LogP contribution in [0.5, 0.6) is 0 Å². The average Bonchev–Trinajstić information content (AvgIpc) is 3.74. The van der Waals surface area contributed by atoms with Crippen LogP contribution in [-0.2, 0) is 19.2 Å². The molecule has 7 nitrogen and oxygen atoms in total. The highest BCUT2D eigenvalue weighted by molar-refractivity contribution is 6.04. The summed E-state index contributed by atoms with van der Waals surface area (Å²) in [6, 6.07) is 0. The summed E-state index contributed by atoms with van der Waals surface area (Å²) in [5.41, 5.74) is 2.66. The van der Waals surface area contributed by atoms with Crippen molar-refractivity contribution in [1.29, 1.82) is 0 Å². The first-order valence-electron chi connectivity index (χ1n) is 28.4. The Bertz CT molecular complexity index is 1230. The lowest BCUT2D eigenvalue weighted by molar-refractivity contribution is -0.141. The first-order valence-corrected chi connectivity index (χ1v) is 28.4. The van der Waals surface area contributed by atoms with E-state index in [1.807, 2.05) is 0 Å². The number of nitrogens with zero attached hydrogens (tertiary/aromatic N) is 2. The molecule has 4 atom stereocenters.